The number of methoxy groups -OCH3 is 1. The highest BCUT2D eigenvalue weighted by Crippen LogP contribution is 2.16. The largest absolute Gasteiger partial charge is 0.454 e. The Balaban J connectivity index is 2.47. The van der Waals surface area contributed by atoms with Crippen LogP contribution in [0.3, 0.4) is 0 Å². The second-order valence-electron chi connectivity index (χ2n) is 6.25. The van der Waals surface area contributed by atoms with Crippen molar-refractivity contribution in [1.82, 2.24) is 20.3 Å². The van der Waals surface area contributed by atoms with Crippen molar-refractivity contribution < 1.29 is 37.1 Å². The Morgan fingerprint density at radius 2 is 1.62 bits per heavy atom. The summed E-state index contributed by atoms with van der Waals surface area (Å²) in [5.41, 5.74) is 0.141. The molecule has 178 valence electrons. The molecule has 3 N–H and O–H groups in total. The monoisotopic (exact) mass is 472 g/mol. The standard InChI is InChI=1S/C19H28N4O8S/c1-4-23(5-2)32(28,29)15-8-6-14(7-9-15)18(26)21-12-17(25)31-13-16(24)22-19(27)20-10-11-30-3/h6-9H,4-5,10-13H2,1-3H3,(H,21,26)(H2,20,22,24,27). The van der Waals surface area contributed by atoms with Gasteiger partial charge in [0, 0.05) is 32.3 Å². The van der Waals surface area contributed by atoms with Crippen molar-refractivity contribution in [3.05, 3.63) is 29.8 Å². The van der Waals surface area contributed by atoms with Crippen LogP contribution in [0.2, 0.25) is 0 Å². The van der Waals surface area contributed by atoms with Gasteiger partial charge in [-0.1, -0.05) is 13.8 Å². The molecule has 13 heteroatoms. The number of carbonyl (C=O) groups excluding carboxylic acids is 4. The molecule has 12 nitrogen and oxygen atoms in total. The van der Waals surface area contributed by atoms with Crippen LogP contribution in [-0.4, -0.2) is 83.0 Å². The Morgan fingerprint density at radius 1 is 1.00 bits per heavy atom. The Labute approximate surface area is 186 Å². The highest BCUT2D eigenvalue weighted by molar-refractivity contribution is 7.89. The van der Waals surface area contributed by atoms with Gasteiger partial charge in [-0.3, -0.25) is 19.7 Å². The van der Waals surface area contributed by atoms with Crippen LogP contribution in [0.5, 0.6) is 0 Å². The summed E-state index contributed by atoms with van der Waals surface area (Å²) in [7, 11) is -2.19. The van der Waals surface area contributed by atoms with Crippen LogP contribution >= 0.6 is 0 Å². The van der Waals surface area contributed by atoms with Gasteiger partial charge in [0.2, 0.25) is 10.0 Å². The lowest BCUT2D eigenvalue weighted by molar-refractivity contribution is -0.147. The van der Waals surface area contributed by atoms with E-state index in [4.69, 9.17) is 4.74 Å². The van der Waals surface area contributed by atoms with E-state index in [1.165, 1.54) is 35.7 Å². The number of nitrogens with zero attached hydrogens (tertiary/aromatic N) is 1. The molecule has 0 radical (unpaired) electrons. The first-order valence-corrected chi connectivity index (χ1v) is 11.2. The van der Waals surface area contributed by atoms with Gasteiger partial charge in [-0.2, -0.15) is 4.31 Å². The number of esters is 1. The Hall–Kier alpha value is -3.03. The van der Waals surface area contributed by atoms with Crippen molar-refractivity contribution in [2.24, 2.45) is 0 Å². The van der Waals surface area contributed by atoms with Gasteiger partial charge in [-0.05, 0) is 24.3 Å². The predicted molar refractivity (Wildman–Crippen MR) is 113 cm³/mol. The first-order valence-electron chi connectivity index (χ1n) is 9.76. The van der Waals surface area contributed by atoms with Crippen molar-refractivity contribution >= 4 is 33.8 Å². The van der Waals surface area contributed by atoms with Crippen molar-refractivity contribution in [3.63, 3.8) is 0 Å². The van der Waals surface area contributed by atoms with Crippen LogP contribution in [0.15, 0.2) is 29.2 Å². The van der Waals surface area contributed by atoms with Crippen LogP contribution < -0.4 is 16.0 Å². The molecule has 0 saturated heterocycles. The SMILES string of the molecule is CCN(CC)S(=O)(=O)c1ccc(C(=O)NCC(=O)OCC(=O)NC(=O)NCCOC)cc1. The van der Waals surface area contributed by atoms with E-state index in [2.05, 4.69) is 15.4 Å². The molecule has 0 aliphatic carbocycles. The van der Waals surface area contributed by atoms with Crippen molar-refractivity contribution in [3.8, 4) is 0 Å². The minimum atomic E-state index is -3.65. The lowest BCUT2D eigenvalue weighted by Gasteiger charge is -2.18. The molecular formula is C19H28N4O8S. The van der Waals surface area contributed by atoms with Gasteiger partial charge in [0.1, 0.15) is 6.54 Å². The summed E-state index contributed by atoms with van der Waals surface area (Å²) in [6, 6.07) is 4.51. The van der Waals surface area contributed by atoms with Crippen LogP contribution in [0.25, 0.3) is 0 Å². The Kier molecular flexibility index (Phi) is 11.3. The minimum absolute atomic E-state index is 0.0504. The number of ether oxygens (including phenoxy) is 2. The highest BCUT2D eigenvalue weighted by Gasteiger charge is 2.21. The normalized spacial score (nSPS) is 11.0. The first kappa shape index (κ1) is 27.0. The second kappa shape index (κ2) is 13.4. The number of rotatable bonds is 12. The zero-order valence-electron chi connectivity index (χ0n) is 18.2. The third-order valence-electron chi connectivity index (χ3n) is 4.06. The molecule has 0 saturated carbocycles. The zero-order chi connectivity index (χ0) is 24.1. The fraction of sp³-hybridized carbons (Fsp3) is 0.474. The third-order valence-corrected chi connectivity index (χ3v) is 6.13. The maximum Gasteiger partial charge on any atom is 0.325 e. The molecule has 0 atom stereocenters. The molecule has 0 spiro atoms. The maximum absolute atomic E-state index is 12.5. The summed E-state index contributed by atoms with van der Waals surface area (Å²) >= 11 is 0. The summed E-state index contributed by atoms with van der Waals surface area (Å²) in [6.45, 7) is 3.33. The average Bonchev–Trinajstić information content (AvgIpc) is 2.77. The predicted octanol–water partition coefficient (Wildman–Crippen LogP) is -0.538. The average molecular weight is 473 g/mol. The highest BCUT2D eigenvalue weighted by atomic mass is 32.2. The number of urea groups is 1. The number of carbonyl (C=O) groups is 4. The van der Waals surface area contributed by atoms with Crippen LogP contribution in [0.4, 0.5) is 4.79 Å². The van der Waals surface area contributed by atoms with E-state index < -0.39 is 47.0 Å². The molecule has 0 heterocycles. The summed E-state index contributed by atoms with van der Waals surface area (Å²) in [5, 5.41) is 6.61. The molecule has 0 aromatic heterocycles. The first-order chi connectivity index (χ1) is 15.1. The summed E-state index contributed by atoms with van der Waals surface area (Å²) in [5.74, 6) is -2.37. The maximum atomic E-state index is 12.5. The topological polar surface area (TPSA) is 160 Å². The fourth-order valence-electron chi connectivity index (χ4n) is 2.42. The molecule has 1 aromatic carbocycles. The second-order valence-corrected chi connectivity index (χ2v) is 8.19. The number of sulfonamides is 1. The fourth-order valence-corrected chi connectivity index (χ4v) is 3.87. The van der Waals surface area contributed by atoms with E-state index in [1.807, 2.05) is 5.32 Å². The zero-order valence-corrected chi connectivity index (χ0v) is 19.0. The smallest absolute Gasteiger partial charge is 0.325 e. The Bertz CT molecular complexity index is 898. The molecule has 32 heavy (non-hydrogen) atoms. The molecule has 1 aromatic rings. The molecule has 4 amide bonds. The van der Waals surface area contributed by atoms with Gasteiger partial charge in [0.25, 0.3) is 11.8 Å². The van der Waals surface area contributed by atoms with E-state index >= 15 is 0 Å². The number of hydrogen-bond acceptors (Lipinski definition) is 8. The van der Waals surface area contributed by atoms with Gasteiger partial charge in [0.05, 0.1) is 11.5 Å². The van der Waals surface area contributed by atoms with Crippen molar-refractivity contribution in [2.45, 2.75) is 18.7 Å². The van der Waals surface area contributed by atoms with Gasteiger partial charge >= 0.3 is 12.0 Å². The number of benzene rings is 1. The molecule has 0 fully saturated rings. The van der Waals surface area contributed by atoms with E-state index in [0.717, 1.165) is 0 Å². The van der Waals surface area contributed by atoms with E-state index in [-0.39, 0.29) is 23.6 Å². The molecule has 0 unspecified atom stereocenters. The molecule has 0 aliphatic rings. The van der Waals surface area contributed by atoms with Crippen LogP contribution in [0, 0.1) is 0 Å². The van der Waals surface area contributed by atoms with E-state index in [9.17, 15) is 27.6 Å². The van der Waals surface area contributed by atoms with E-state index in [1.54, 1.807) is 13.8 Å². The molecular weight excluding hydrogens is 444 g/mol. The van der Waals surface area contributed by atoms with Gasteiger partial charge in [-0.25, -0.2) is 13.2 Å². The van der Waals surface area contributed by atoms with Crippen molar-refractivity contribution in [1.29, 1.82) is 0 Å². The lowest BCUT2D eigenvalue weighted by atomic mass is 10.2. The van der Waals surface area contributed by atoms with Gasteiger partial charge in [0.15, 0.2) is 6.61 Å². The van der Waals surface area contributed by atoms with E-state index in [0.29, 0.717) is 13.1 Å². The molecule has 0 bridgehead atoms. The van der Waals surface area contributed by atoms with Gasteiger partial charge < -0.3 is 20.1 Å². The quantitative estimate of drug-likeness (QED) is 0.270. The lowest BCUT2D eigenvalue weighted by Crippen LogP contribution is -2.42. The number of imide groups is 1. The number of amides is 4. The number of hydrogen-bond donors (Lipinski definition) is 3. The molecule has 0 aliphatic heterocycles. The Morgan fingerprint density at radius 3 is 2.19 bits per heavy atom. The number of nitrogens with one attached hydrogen (secondary N) is 3. The molecule has 1 rings (SSSR count). The van der Waals surface area contributed by atoms with Crippen LogP contribution in [0.1, 0.15) is 24.2 Å². The van der Waals surface area contributed by atoms with Crippen molar-refractivity contribution in [2.75, 3.05) is 46.5 Å². The summed E-state index contributed by atoms with van der Waals surface area (Å²) < 4.78 is 35.6. The van der Waals surface area contributed by atoms with Crippen LogP contribution in [-0.2, 0) is 29.1 Å². The minimum Gasteiger partial charge on any atom is -0.454 e. The van der Waals surface area contributed by atoms with Gasteiger partial charge in [-0.15, -0.1) is 0 Å². The summed E-state index contributed by atoms with van der Waals surface area (Å²) in [4.78, 5) is 46.8. The summed E-state index contributed by atoms with van der Waals surface area (Å²) in [6.07, 6.45) is 0. The third kappa shape index (κ3) is 8.61.